The molecule has 1 fully saturated rings. The topological polar surface area (TPSA) is 138 Å². The number of azide groups is 1. The van der Waals surface area contributed by atoms with Gasteiger partial charge in [-0.2, -0.15) is 0 Å². The lowest BCUT2D eigenvalue weighted by Gasteiger charge is -2.37. The number of cyclic esters (lactones) is 1. The molecular weight excluding hydrogens is 518 g/mol. The summed E-state index contributed by atoms with van der Waals surface area (Å²) in [4.78, 5) is 29.4. The number of rotatable bonds is 7. The molecule has 1 saturated heterocycles. The number of fused-ring (bicyclic) bond motifs is 3. The van der Waals surface area contributed by atoms with Crippen LogP contribution in [0.2, 0.25) is 0 Å². The van der Waals surface area contributed by atoms with E-state index in [0.29, 0.717) is 17.1 Å². The van der Waals surface area contributed by atoms with Gasteiger partial charge in [-0.05, 0) is 52.1 Å². The summed E-state index contributed by atoms with van der Waals surface area (Å²) in [6, 6.07) is 15.7. The zero-order valence-electron chi connectivity index (χ0n) is 21.7. The van der Waals surface area contributed by atoms with Gasteiger partial charge in [0, 0.05) is 16.7 Å². The van der Waals surface area contributed by atoms with Crippen molar-refractivity contribution in [3.05, 3.63) is 92.9 Å². The van der Waals surface area contributed by atoms with E-state index in [2.05, 4.69) is 10.0 Å². The summed E-state index contributed by atoms with van der Waals surface area (Å²) in [7, 11) is 2.90. The molecule has 204 valence electrons. The molecule has 40 heavy (non-hydrogen) atoms. The summed E-state index contributed by atoms with van der Waals surface area (Å²) in [5.74, 6) is -1.10. The molecule has 0 saturated carbocycles. The Morgan fingerprint density at radius 2 is 1.68 bits per heavy atom. The van der Waals surface area contributed by atoms with Crippen LogP contribution >= 0.6 is 0 Å². The first-order chi connectivity index (χ1) is 19.5. The van der Waals surface area contributed by atoms with Crippen LogP contribution in [0.4, 0.5) is 0 Å². The molecule has 3 aromatic rings. The molecule has 3 aliphatic rings. The van der Waals surface area contributed by atoms with E-state index in [0.717, 1.165) is 16.7 Å². The van der Waals surface area contributed by atoms with Gasteiger partial charge < -0.3 is 28.4 Å². The summed E-state index contributed by atoms with van der Waals surface area (Å²) < 4.78 is 33.6. The summed E-state index contributed by atoms with van der Waals surface area (Å²) in [6.07, 6.45) is 0. The van der Waals surface area contributed by atoms with Crippen LogP contribution in [0.1, 0.15) is 44.6 Å². The molecule has 4 atom stereocenters. The Bertz CT molecular complexity index is 1510. The number of nitrogens with zero attached hydrogens (tertiary/aromatic N) is 3. The predicted octanol–water partition coefficient (Wildman–Crippen LogP) is 5.08. The van der Waals surface area contributed by atoms with Crippen LogP contribution in [0, 0.1) is 11.8 Å². The second kappa shape index (κ2) is 10.3. The average molecular weight is 544 g/mol. The van der Waals surface area contributed by atoms with Crippen molar-refractivity contribution in [3.63, 3.8) is 0 Å². The molecule has 11 heteroatoms. The molecule has 0 amide bonds. The van der Waals surface area contributed by atoms with E-state index in [1.54, 1.807) is 18.2 Å². The van der Waals surface area contributed by atoms with E-state index in [4.69, 9.17) is 28.4 Å². The van der Waals surface area contributed by atoms with Crippen molar-refractivity contribution in [1.29, 1.82) is 0 Å². The van der Waals surface area contributed by atoms with Gasteiger partial charge in [0.2, 0.25) is 6.79 Å². The van der Waals surface area contributed by atoms with Gasteiger partial charge >= 0.3 is 11.9 Å². The van der Waals surface area contributed by atoms with Crippen molar-refractivity contribution >= 4 is 11.9 Å². The van der Waals surface area contributed by atoms with E-state index in [-0.39, 0.29) is 37.1 Å². The number of benzene rings is 3. The Labute approximate surface area is 229 Å². The van der Waals surface area contributed by atoms with E-state index < -0.39 is 35.7 Å². The fourth-order valence-electron chi connectivity index (χ4n) is 5.85. The third-order valence-electron chi connectivity index (χ3n) is 7.63. The normalized spacial score (nSPS) is 21.9. The maximum absolute atomic E-state index is 13.2. The molecule has 3 aromatic carbocycles. The first kappa shape index (κ1) is 25.4. The van der Waals surface area contributed by atoms with Gasteiger partial charge in [-0.25, -0.2) is 4.79 Å². The fourth-order valence-corrected chi connectivity index (χ4v) is 5.85. The van der Waals surface area contributed by atoms with Gasteiger partial charge in [0.1, 0.15) is 23.7 Å². The van der Waals surface area contributed by atoms with Crippen molar-refractivity contribution in [2.75, 3.05) is 27.6 Å². The Kier molecular flexibility index (Phi) is 6.57. The van der Waals surface area contributed by atoms with Gasteiger partial charge in [0.15, 0.2) is 11.5 Å². The highest BCUT2D eigenvalue weighted by Crippen LogP contribution is 2.56. The molecule has 11 nitrogen and oxygen atoms in total. The zero-order valence-corrected chi connectivity index (χ0v) is 21.7. The highest BCUT2D eigenvalue weighted by atomic mass is 16.7. The Hall–Kier alpha value is -4.89. The molecule has 0 spiro atoms. The average Bonchev–Trinajstić information content (AvgIpc) is 3.61. The van der Waals surface area contributed by atoms with Crippen molar-refractivity contribution < 1.29 is 38.0 Å². The summed E-state index contributed by atoms with van der Waals surface area (Å²) in [6.45, 7) is 0.244. The summed E-state index contributed by atoms with van der Waals surface area (Å²) in [5, 5.41) is 4.05. The van der Waals surface area contributed by atoms with Crippen LogP contribution in [0.5, 0.6) is 23.0 Å². The number of esters is 2. The molecule has 0 radical (unpaired) electrons. The highest BCUT2D eigenvalue weighted by Gasteiger charge is 2.52. The summed E-state index contributed by atoms with van der Waals surface area (Å²) >= 11 is 0. The quantitative estimate of drug-likeness (QED) is 0.174. The second-order valence-electron chi connectivity index (χ2n) is 9.64. The molecular formula is C29H25N3O8. The first-order valence-corrected chi connectivity index (χ1v) is 12.6. The van der Waals surface area contributed by atoms with Crippen LogP contribution < -0.4 is 18.9 Å². The van der Waals surface area contributed by atoms with Crippen molar-refractivity contribution in [3.8, 4) is 23.0 Å². The Morgan fingerprint density at radius 3 is 2.33 bits per heavy atom. The number of methoxy groups -OCH3 is 2. The number of hydrogen-bond donors (Lipinski definition) is 0. The number of carbonyl (C=O) groups excluding carboxylic acids is 2. The predicted molar refractivity (Wildman–Crippen MR) is 139 cm³/mol. The van der Waals surface area contributed by atoms with Crippen LogP contribution in [0.15, 0.2) is 59.7 Å². The van der Waals surface area contributed by atoms with Crippen LogP contribution in [0.3, 0.4) is 0 Å². The van der Waals surface area contributed by atoms with Crippen molar-refractivity contribution in [1.82, 2.24) is 0 Å². The summed E-state index contributed by atoms with van der Waals surface area (Å²) in [5.41, 5.74) is 12.4. The maximum atomic E-state index is 13.2. The molecule has 2 heterocycles. The lowest BCUT2D eigenvalue weighted by molar-refractivity contribution is -0.141. The minimum absolute atomic E-state index is 0.0609. The minimum atomic E-state index is -0.659. The lowest BCUT2D eigenvalue weighted by Crippen LogP contribution is -2.34. The molecule has 0 bridgehead atoms. The number of ether oxygens (including phenoxy) is 6. The van der Waals surface area contributed by atoms with E-state index in [1.165, 1.54) is 14.2 Å². The van der Waals surface area contributed by atoms with Gasteiger partial charge in [0.05, 0.1) is 32.8 Å². The van der Waals surface area contributed by atoms with Crippen molar-refractivity contribution in [2.45, 2.75) is 18.6 Å². The van der Waals surface area contributed by atoms with Gasteiger partial charge in [0.25, 0.3) is 0 Å². The number of hydrogen-bond acceptors (Lipinski definition) is 9. The van der Waals surface area contributed by atoms with Crippen LogP contribution in [0.25, 0.3) is 10.4 Å². The fraction of sp³-hybridized carbons (Fsp3) is 0.310. The third-order valence-corrected chi connectivity index (χ3v) is 7.63. The molecule has 2 aliphatic heterocycles. The first-order valence-electron chi connectivity index (χ1n) is 12.6. The van der Waals surface area contributed by atoms with E-state index >= 15 is 0 Å². The Morgan fingerprint density at radius 1 is 1.00 bits per heavy atom. The molecule has 6 rings (SSSR count). The Balaban J connectivity index is 1.46. The monoisotopic (exact) mass is 543 g/mol. The minimum Gasteiger partial charge on any atom is -0.496 e. The standard InChI is InChI=1S/C29H25N3O8/c1-35-22-8-16(9-23(36-2)26(22)29(34)37-12-15-6-4-3-5-7-15)24-17-10-20-21(40-14-39-20)11-18(17)27(31-32-30)19-13-38-28(33)25(19)24/h3-11,19,24-25,27H,12-14H2,1-2H3/t19-,24+,25-,27?/m0/s1. The van der Waals surface area contributed by atoms with Crippen LogP contribution in [-0.4, -0.2) is 39.6 Å². The van der Waals surface area contributed by atoms with Crippen molar-refractivity contribution in [2.24, 2.45) is 17.0 Å². The zero-order chi connectivity index (χ0) is 27.8. The van der Waals surface area contributed by atoms with E-state index in [9.17, 15) is 15.1 Å². The molecule has 1 unspecified atom stereocenters. The van der Waals surface area contributed by atoms with Gasteiger partial charge in [-0.3, -0.25) is 4.79 Å². The molecule has 0 N–H and O–H groups in total. The molecule has 0 aromatic heterocycles. The highest BCUT2D eigenvalue weighted by molar-refractivity contribution is 5.96. The smallest absolute Gasteiger partial charge is 0.346 e. The third kappa shape index (κ3) is 4.20. The maximum Gasteiger partial charge on any atom is 0.346 e. The SMILES string of the molecule is COc1cc([C@@H]2c3cc4c(cc3C(N=[N+]=[N-])[C@H]3COC(=O)[C@H]23)OCO4)cc(OC)c1C(=O)OCc1ccccc1. The van der Waals surface area contributed by atoms with Crippen LogP contribution in [-0.2, 0) is 20.9 Å². The largest absolute Gasteiger partial charge is 0.496 e. The van der Waals surface area contributed by atoms with Gasteiger partial charge in [-0.1, -0.05) is 35.4 Å². The molecule has 1 aliphatic carbocycles. The number of carbonyl (C=O) groups is 2. The van der Waals surface area contributed by atoms with Gasteiger partial charge in [-0.15, -0.1) is 0 Å². The lowest BCUT2D eigenvalue weighted by atomic mass is 9.65. The second-order valence-corrected chi connectivity index (χ2v) is 9.64. The van der Waals surface area contributed by atoms with E-state index in [1.807, 2.05) is 36.4 Å².